The molecule has 1 fully saturated rings. The first-order valence-electron chi connectivity index (χ1n) is 3.82. The number of hydrogen-bond acceptors (Lipinski definition) is 3. The molecule has 0 spiro atoms. The Morgan fingerprint density at radius 3 is 3.08 bits per heavy atom. The highest BCUT2D eigenvalue weighted by atomic mass is 16.7. The smallest absolute Gasteiger partial charge is 0.248 e. The zero-order valence-electron chi connectivity index (χ0n) is 6.53. The van der Waals surface area contributed by atoms with Gasteiger partial charge in [0.25, 0.3) is 0 Å². The van der Waals surface area contributed by atoms with Crippen LogP contribution in [0.5, 0.6) is 0 Å². The molecule has 4 heteroatoms. The van der Waals surface area contributed by atoms with Gasteiger partial charge in [0.1, 0.15) is 12.3 Å². The van der Waals surface area contributed by atoms with Gasteiger partial charge >= 0.3 is 0 Å². The predicted octanol–water partition coefficient (Wildman–Crippen LogP) is 0.944. The number of hydroxylamine groups is 2. The molecule has 0 aromatic carbocycles. The minimum Gasteiger partial charge on any atom is -0.467 e. The molecule has 64 valence electrons. The Balaban J connectivity index is 1.99. The van der Waals surface area contributed by atoms with E-state index in [-0.39, 0.29) is 5.91 Å². The molecule has 0 aliphatic carbocycles. The Morgan fingerprint density at radius 1 is 1.58 bits per heavy atom. The molecule has 0 radical (unpaired) electrons. The van der Waals surface area contributed by atoms with Crippen LogP contribution in [0.3, 0.4) is 0 Å². The van der Waals surface area contributed by atoms with Crippen LogP contribution < -0.4 is 0 Å². The predicted molar refractivity (Wildman–Crippen MR) is 39.8 cm³/mol. The summed E-state index contributed by atoms with van der Waals surface area (Å²) in [6, 6.07) is 3.60. The first-order chi connectivity index (χ1) is 5.86. The molecule has 0 N–H and O–H groups in total. The van der Waals surface area contributed by atoms with Crippen LogP contribution in [0.1, 0.15) is 12.2 Å². The highest BCUT2D eigenvalue weighted by molar-refractivity contribution is 5.76. The first-order valence-corrected chi connectivity index (χ1v) is 3.82. The van der Waals surface area contributed by atoms with Gasteiger partial charge in [0.05, 0.1) is 19.3 Å². The van der Waals surface area contributed by atoms with Crippen LogP contribution in [0.4, 0.5) is 0 Å². The SMILES string of the molecule is O=C1CCON1Cc1ccco1. The monoisotopic (exact) mass is 167 g/mol. The molecule has 4 nitrogen and oxygen atoms in total. The zero-order valence-corrected chi connectivity index (χ0v) is 6.53. The van der Waals surface area contributed by atoms with Crippen LogP contribution in [-0.2, 0) is 16.2 Å². The van der Waals surface area contributed by atoms with Gasteiger partial charge < -0.3 is 4.42 Å². The molecule has 1 aliphatic rings. The Bertz CT molecular complexity index is 268. The average molecular weight is 167 g/mol. The van der Waals surface area contributed by atoms with Gasteiger partial charge in [-0.2, -0.15) is 0 Å². The normalized spacial score (nSPS) is 17.3. The first kappa shape index (κ1) is 7.36. The number of amides is 1. The molecule has 1 aliphatic heterocycles. The van der Waals surface area contributed by atoms with Gasteiger partial charge in [-0.25, -0.2) is 5.06 Å². The van der Waals surface area contributed by atoms with E-state index in [4.69, 9.17) is 9.25 Å². The van der Waals surface area contributed by atoms with E-state index in [0.717, 1.165) is 5.76 Å². The lowest BCUT2D eigenvalue weighted by atomic mass is 10.4. The van der Waals surface area contributed by atoms with Gasteiger partial charge in [-0.15, -0.1) is 0 Å². The molecule has 1 amide bonds. The van der Waals surface area contributed by atoms with E-state index < -0.39 is 0 Å². The molecule has 1 saturated heterocycles. The van der Waals surface area contributed by atoms with Crippen molar-refractivity contribution in [2.75, 3.05) is 6.61 Å². The van der Waals surface area contributed by atoms with E-state index in [9.17, 15) is 4.79 Å². The van der Waals surface area contributed by atoms with Crippen LogP contribution in [0, 0.1) is 0 Å². The maximum Gasteiger partial charge on any atom is 0.248 e. The average Bonchev–Trinajstić information content (AvgIpc) is 2.65. The molecule has 0 unspecified atom stereocenters. The van der Waals surface area contributed by atoms with Crippen LogP contribution in [0.15, 0.2) is 22.8 Å². The summed E-state index contributed by atoms with van der Waals surface area (Å²) < 4.78 is 5.07. The summed E-state index contributed by atoms with van der Waals surface area (Å²) in [5.74, 6) is 0.761. The Morgan fingerprint density at radius 2 is 2.50 bits per heavy atom. The van der Waals surface area contributed by atoms with Crippen molar-refractivity contribution in [3.63, 3.8) is 0 Å². The number of carbonyl (C=O) groups excluding carboxylic acids is 1. The van der Waals surface area contributed by atoms with Crippen molar-refractivity contribution in [1.29, 1.82) is 0 Å². The van der Waals surface area contributed by atoms with Crippen molar-refractivity contribution in [2.45, 2.75) is 13.0 Å². The molecule has 0 atom stereocenters. The number of carbonyl (C=O) groups is 1. The standard InChI is InChI=1S/C8H9NO3/c10-8-3-5-12-9(8)6-7-2-1-4-11-7/h1-2,4H,3,5-6H2. The van der Waals surface area contributed by atoms with Crippen molar-refractivity contribution in [1.82, 2.24) is 5.06 Å². The van der Waals surface area contributed by atoms with E-state index in [0.29, 0.717) is 19.6 Å². The lowest BCUT2D eigenvalue weighted by Crippen LogP contribution is -2.22. The minimum atomic E-state index is 0.0198. The van der Waals surface area contributed by atoms with Gasteiger partial charge in [-0.05, 0) is 12.1 Å². The minimum absolute atomic E-state index is 0.0198. The maximum atomic E-state index is 11.1. The second kappa shape index (κ2) is 2.98. The molecular weight excluding hydrogens is 158 g/mol. The molecule has 1 aromatic rings. The topological polar surface area (TPSA) is 42.7 Å². The van der Waals surface area contributed by atoms with Crippen LogP contribution in [-0.4, -0.2) is 17.6 Å². The van der Waals surface area contributed by atoms with E-state index in [2.05, 4.69) is 0 Å². The quantitative estimate of drug-likeness (QED) is 0.658. The lowest BCUT2D eigenvalue weighted by Gasteiger charge is -2.11. The zero-order chi connectivity index (χ0) is 8.39. The highest BCUT2D eigenvalue weighted by Crippen LogP contribution is 2.12. The fourth-order valence-corrected chi connectivity index (χ4v) is 1.12. The molecule has 2 heterocycles. The summed E-state index contributed by atoms with van der Waals surface area (Å²) in [5, 5.41) is 1.33. The number of nitrogens with zero attached hydrogens (tertiary/aromatic N) is 1. The Kier molecular flexibility index (Phi) is 1.83. The molecule has 12 heavy (non-hydrogen) atoms. The summed E-state index contributed by atoms with van der Waals surface area (Å²) >= 11 is 0. The van der Waals surface area contributed by atoms with Gasteiger partial charge in [0.2, 0.25) is 5.91 Å². The van der Waals surface area contributed by atoms with Crippen LogP contribution in [0.2, 0.25) is 0 Å². The molecule has 1 aromatic heterocycles. The fraction of sp³-hybridized carbons (Fsp3) is 0.375. The second-order valence-electron chi connectivity index (χ2n) is 2.59. The van der Waals surface area contributed by atoms with Crippen molar-refractivity contribution in [2.24, 2.45) is 0 Å². The summed E-state index contributed by atoms with van der Waals surface area (Å²) in [6.07, 6.45) is 2.05. The van der Waals surface area contributed by atoms with Crippen molar-refractivity contribution >= 4 is 5.91 Å². The van der Waals surface area contributed by atoms with E-state index in [1.807, 2.05) is 6.07 Å². The Hall–Kier alpha value is -1.29. The second-order valence-corrected chi connectivity index (χ2v) is 2.59. The van der Waals surface area contributed by atoms with E-state index >= 15 is 0 Å². The number of furan rings is 1. The molecule has 0 bridgehead atoms. The highest BCUT2D eigenvalue weighted by Gasteiger charge is 2.22. The molecular formula is C8H9NO3. The number of rotatable bonds is 2. The van der Waals surface area contributed by atoms with Crippen molar-refractivity contribution in [3.8, 4) is 0 Å². The van der Waals surface area contributed by atoms with Gasteiger partial charge in [0, 0.05) is 0 Å². The van der Waals surface area contributed by atoms with Gasteiger partial charge in [0.15, 0.2) is 0 Å². The number of hydrogen-bond donors (Lipinski definition) is 0. The van der Waals surface area contributed by atoms with Gasteiger partial charge in [-0.1, -0.05) is 0 Å². The van der Waals surface area contributed by atoms with E-state index in [1.165, 1.54) is 5.06 Å². The maximum absolute atomic E-state index is 11.1. The summed E-state index contributed by atoms with van der Waals surface area (Å²) in [5.41, 5.74) is 0. The molecule has 2 rings (SSSR count). The summed E-state index contributed by atoms with van der Waals surface area (Å²) in [4.78, 5) is 16.1. The fourth-order valence-electron chi connectivity index (χ4n) is 1.12. The van der Waals surface area contributed by atoms with Crippen molar-refractivity contribution in [3.05, 3.63) is 24.2 Å². The van der Waals surface area contributed by atoms with Gasteiger partial charge in [-0.3, -0.25) is 9.63 Å². The largest absolute Gasteiger partial charge is 0.467 e. The lowest BCUT2D eigenvalue weighted by molar-refractivity contribution is -0.165. The van der Waals surface area contributed by atoms with Crippen molar-refractivity contribution < 1.29 is 14.0 Å². The third-order valence-corrected chi connectivity index (χ3v) is 1.72. The third kappa shape index (κ3) is 1.33. The molecule has 0 saturated carbocycles. The van der Waals surface area contributed by atoms with Crippen LogP contribution in [0.25, 0.3) is 0 Å². The third-order valence-electron chi connectivity index (χ3n) is 1.72. The summed E-state index contributed by atoms with van der Waals surface area (Å²) in [7, 11) is 0. The summed E-state index contributed by atoms with van der Waals surface area (Å²) in [6.45, 7) is 0.894. The Labute approximate surface area is 69.7 Å². The van der Waals surface area contributed by atoms with Crippen LogP contribution >= 0.6 is 0 Å². The van der Waals surface area contributed by atoms with E-state index in [1.54, 1.807) is 12.3 Å².